The summed E-state index contributed by atoms with van der Waals surface area (Å²) in [5.74, 6) is -0.0856. The van der Waals surface area contributed by atoms with Gasteiger partial charge < -0.3 is 20.4 Å². The molecule has 7 nitrogen and oxygen atoms in total. The second-order valence-corrected chi connectivity index (χ2v) is 7.99. The van der Waals surface area contributed by atoms with Crippen molar-refractivity contribution in [3.8, 4) is 11.1 Å². The van der Waals surface area contributed by atoms with E-state index in [2.05, 4.69) is 49.6 Å². The van der Waals surface area contributed by atoms with E-state index in [0.717, 1.165) is 68.2 Å². The number of aromatic nitrogens is 1. The highest BCUT2D eigenvalue weighted by molar-refractivity contribution is 5.74. The van der Waals surface area contributed by atoms with Crippen molar-refractivity contribution in [2.24, 2.45) is 10.7 Å². The molecule has 1 atom stereocenters. The summed E-state index contributed by atoms with van der Waals surface area (Å²) in [4.78, 5) is 13.5. The first kappa shape index (κ1) is 20.5. The lowest BCUT2D eigenvalue weighted by Gasteiger charge is -2.33. The number of allylic oxidation sites excluding steroid dienone is 1. The fraction of sp³-hybridized carbons (Fsp3) is 0.391. The number of benzene rings is 1. The first-order chi connectivity index (χ1) is 14.6. The molecule has 1 aromatic heterocycles. The standard InChI is InChI=1S/C23H31N7/c1-29-14-16-30(17-15-29)13-3-9-26-22-8-12-27-23(24,28-22)21-5-2-4-20(18-21)19-6-10-25-11-7-19/h2,4-8,10-12,18,26,28H,3,9,13-17,24H2,1H3. The van der Waals surface area contributed by atoms with Crippen LogP contribution < -0.4 is 16.4 Å². The molecule has 1 aromatic carbocycles. The second kappa shape index (κ2) is 9.38. The second-order valence-electron chi connectivity index (χ2n) is 7.99. The van der Waals surface area contributed by atoms with Crippen LogP contribution in [0.25, 0.3) is 11.1 Å². The Hall–Kier alpha value is -2.74. The zero-order valence-electron chi connectivity index (χ0n) is 17.6. The number of nitrogens with one attached hydrogen (secondary N) is 2. The lowest BCUT2D eigenvalue weighted by Crippen LogP contribution is -2.52. The molecule has 158 valence electrons. The van der Waals surface area contributed by atoms with Crippen molar-refractivity contribution >= 4 is 6.21 Å². The van der Waals surface area contributed by atoms with Gasteiger partial charge in [-0.25, -0.2) is 4.99 Å². The Kier molecular flexibility index (Phi) is 6.42. The number of nitrogens with zero attached hydrogens (tertiary/aromatic N) is 4. The van der Waals surface area contributed by atoms with Crippen molar-refractivity contribution < 1.29 is 0 Å². The third-order valence-corrected chi connectivity index (χ3v) is 5.72. The van der Waals surface area contributed by atoms with Crippen molar-refractivity contribution in [2.75, 3.05) is 46.3 Å². The summed E-state index contributed by atoms with van der Waals surface area (Å²) in [5.41, 5.74) is 9.75. The first-order valence-electron chi connectivity index (χ1n) is 10.6. The number of aliphatic imine (C=N–C) groups is 1. The maximum atomic E-state index is 6.64. The molecular formula is C23H31N7. The van der Waals surface area contributed by atoms with Crippen LogP contribution in [0, 0.1) is 0 Å². The summed E-state index contributed by atoms with van der Waals surface area (Å²) in [5, 5.41) is 6.84. The van der Waals surface area contributed by atoms with Crippen molar-refractivity contribution in [2.45, 2.75) is 12.2 Å². The molecule has 1 saturated heterocycles. The van der Waals surface area contributed by atoms with Crippen molar-refractivity contribution in [3.05, 3.63) is 66.3 Å². The number of rotatable bonds is 7. The molecule has 3 heterocycles. The number of nitrogens with two attached hydrogens (primary N) is 1. The third-order valence-electron chi connectivity index (χ3n) is 5.72. The molecule has 1 unspecified atom stereocenters. The predicted molar refractivity (Wildman–Crippen MR) is 122 cm³/mol. The molecule has 7 heteroatoms. The average Bonchev–Trinajstić information content (AvgIpc) is 2.79. The van der Waals surface area contributed by atoms with Gasteiger partial charge in [0.05, 0.1) is 0 Å². The van der Waals surface area contributed by atoms with Crippen LogP contribution in [0.15, 0.2) is 65.7 Å². The molecule has 4 rings (SSSR count). The van der Waals surface area contributed by atoms with Gasteiger partial charge in [0.15, 0.2) is 0 Å². The first-order valence-corrected chi connectivity index (χ1v) is 10.6. The van der Waals surface area contributed by atoms with Crippen molar-refractivity contribution in [1.29, 1.82) is 0 Å². The van der Waals surface area contributed by atoms with Crippen LogP contribution in [0.1, 0.15) is 12.0 Å². The Labute approximate surface area is 178 Å². The van der Waals surface area contributed by atoms with Gasteiger partial charge in [0.2, 0.25) is 5.79 Å². The quantitative estimate of drug-likeness (QED) is 0.607. The van der Waals surface area contributed by atoms with Gasteiger partial charge in [-0.1, -0.05) is 18.2 Å². The minimum Gasteiger partial charge on any atom is -0.372 e. The van der Waals surface area contributed by atoms with Gasteiger partial charge in [-0.05, 0) is 55.4 Å². The van der Waals surface area contributed by atoms with E-state index in [1.165, 1.54) is 0 Å². The Morgan fingerprint density at radius 1 is 1.10 bits per heavy atom. The fourth-order valence-corrected chi connectivity index (χ4v) is 3.84. The zero-order chi connectivity index (χ0) is 20.8. The van der Waals surface area contributed by atoms with E-state index in [1.54, 1.807) is 18.6 Å². The molecule has 30 heavy (non-hydrogen) atoms. The van der Waals surface area contributed by atoms with Crippen molar-refractivity contribution in [3.63, 3.8) is 0 Å². The van der Waals surface area contributed by atoms with E-state index in [-0.39, 0.29) is 0 Å². The number of likely N-dealkylation sites (N-methyl/N-ethyl adjacent to an activating group) is 1. The van der Waals surface area contributed by atoms with Crippen LogP contribution in [0.3, 0.4) is 0 Å². The summed E-state index contributed by atoms with van der Waals surface area (Å²) < 4.78 is 0. The summed E-state index contributed by atoms with van der Waals surface area (Å²) in [6, 6.07) is 12.2. The highest BCUT2D eigenvalue weighted by Gasteiger charge is 2.28. The molecule has 2 aliphatic rings. The van der Waals surface area contributed by atoms with Gasteiger partial charge in [-0.3, -0.25) is 10.7 Å². The Bertz CT molecular complexity index is 887. The summed E-state index contributed by atoms with van der Waals surface area (Å²) in [6.45, 7) is 6.64. The molecule has 2 aliphatic heterocycles. The van der Waals surface area contributed by atoms with Crippen molar-refractivity contribution in [1.82, 2.24) is 25.4 Å². The fourth-order valence-electron chi connectivity index (χ4n) is 3.84. The van der Waals surface area contributed by atoms with E-state index < -0.39 is 5.79 Å². The Morgan fingerprint density at radius 3 is 2.70 bits per heavy atom. The van der Waals surface area contributed by atoms with Gasteiger partial charge in [-0.15, -0.1) is 0 Å². The highest BCUT2D eigenvalue weighted by Crippen LogP contribution is 2.26. The number of pyridine rings is 1. The van der Waals surface area contributed by atoms with Crippen LogP contribution >= 0.6 is 0 Å². The average molecular weight is 406 g/mol. The molecule has 1 fully saturated rings. The molecular weight excluding hydrogens is 374 g/mol. The van der Waals surface area contributed by atoms with Gasteiger partial charge in [0.25, 0.3) is 0 Å². The van der Waals surface area contributed by atoms with Crippen LogP contribution in [0.4, 0.5) is 0 Å². The lowest BCUT2D eigenvalue weighted by atomic mass is 10.0. The lowest BCUT2D eigenvalue weighted by molar-refractivity contribution is 0.153. The molecule has 0 amide bonds. The van der Waals surface area contributed by atoms with Gasteiger partial charge >= 0.3 is 0 Å². The van der Waals surface area contributed by atoms with Gasteiger partial charge in [0, 0.05) is 56.9 Å². The van der Waals surface area contributed by atoms with E-state index in [0.29, 0.717) is 0 Å². The number of hydrogen-bond acceptors (Lipinski definition) is 7. The summed E-state index contributed by atoms with van der Waals surface area (Å²) in [6.07, 6.45) is 8.40. The van der Waals surface area contributed by atoms with Crippen LogP contribution in [0.5, 0.6) is 0 Å². The smallest absolute Gasteiger partial charge is 0.210 e. The monoisotopic (exact) mass is 405 g/mol. The largest absolute Gasteiger partial charge is 0.372 e. The highest BCUT2D eigenvalue weighted by atomic mass is 15.3. The van der Waals surface area contributed by atoms with Crippen LogP contribution in [0.2, 0.25) is 0 Å². The SMILES string of the molecule is CN1CCN(CCCNC2=CC=NC(N)(c3cccc(-c4ccncc4)c3)N2)CC1. The molecule has 0 spiro atoms. The molecule has 0 aliphatic carbocycles. The molecule has 0 bridgehead atoms. The van der Waals surface area contributed by atoms with E-state index in [9.17, 15) is 0 Å². The summed E-state index contributed by atoms with van der Waals surface area (Å²) >= 11 is 0. The van der Waals surface area contributed by atoms with Crippen LogP contribution in [-0.2, 0) is 5.79 Å². The summed E-state index contributed by atoms with van der Waals surface area (Å²) in [7, 11) is 2.19. The molecule has 2 aromatic rings. The zero-order valence-corrected chi connectivity index (χ0v) is 17.6. The molecule has 4 N–H and O–H groups in total. The Balaban J connectivity index is 1.33. The topological polar surface area (TPSA) is 81.8 Å². The normalized spacial score (nSPS) is 22.4. The van der Waals surface area contributed by atoms with Gasteiger partial charge in [0.1, 0.15) is 5.82 Å². The number of piperazine rings is 1. The van der Waals surface area contributed by atoms with E-state index >= 15 is 0 Å². The van der Waals surface area contributed by atoms with Crippen LogP contribution in [-0.4, -0.2) is 67.3 Å². The molecule has 0 saturated carbocycles. The van der Waals surface area contributed by atoms with E-state index in [1.807, 2.05) is 30.3 Å². The minimum atomic E-state index is -0.989. The minimum absolute atomic E-state index is 0.895. The predicted octanol–water partition coefficient (Wildman–Crippen LogP) is 1.56. The Morgan fingerprint density at radius 2 is 1.90 bits per heavy atom. The van der Waals surface area contributed by atoms with Gasteiger partial charge in [-0.2, -0.15) is 0 Å². The third kappa shape index (κ3) is 5.05. The van der Waals surface area contributed by atoms with E-state index in [4.69, 9.17) is 5.73 Å². The molecule has 0 radical (unpaired) electrons. The maximum absolute atomic E-state index is 6.64. The number of hydrogen-bond donors (Lipinski definition) is 3. The maximum Gasteiger partial charge on any atom is 0.210 e.